The molecular formula is C11H13FINO2. The van der Waals surface area contributed by atoms with Crippen LogP contribution in [-0.2, 0) is 17.9 Å². The zero-order valence-electron chi connectivity index (χ0n) is 8.84. The molecule has 0 aliphatic heterocycles. The summed E-state index contributed by atoms with van der Waals surface area (Å²) in [5.41, 5.74) is 5.61. The molecule has 0 bridgehead atoms. The first-order valence-electron chi connectivity index (χ1n) is 4.72. The molecule has 0 aliphatic carbocycles. The average molecular weight is 337 g/mol. The first kappa shape index (κ1) is 13.4. The van der Waals surface area contributed by atoms with Crippen LogP contribution in [0.15, 0.2) is 18.2 Å². The van der Waals surface area contributed by atoms with E-state index in [1.54, 1.807) is 18.2 Å². The van der Waals surface area contributed by atoms with E-state index >= 15 is 0 Å². The standard InChI is InChI=1S/C11H13FINO2/c1-11(14,10(15)16)5-7-2-3-9(13)8(4-7)6-12/h2-4H,5-6,14H2,1H3,(H,15,16)/t11-/m0/s1. The Bertz CT molecular complexity index is 407. The monoisotopic (exact) mass is 337 g/mol. The van der Waals surface area contributed by atoms with E-state index in [-0.39, 0.29) is 6.42 Å². The number of aliphatic carboxylic acids is 1. The van der Waals surface area contributed by atoms with Crippen LogP contribution in [0.1, 0.15) is 18.1 Å². The third-order valence-electron chi connectivity index (χ3n) is 2.31. The first-order chi connectivity index (χ1) is 7.36. The van der Waals surface area contributed by atoms with Crippen LogP contribution in [0.4, 0.5) is 4.39 Å². The highest BCUT2D eigenvalue weighted by Crippen LogP contribution is 2.18. The number of carboxylic acids is 1. The maximum Gasteiger partial charge on any atom is 0.323 e. The molecule has 3 nitrogen and oxygen atoms in total. The average Bonchev–Trinajstić information content (AvgIpc) is 2.20. The van der Waals surface area contributed by atoms with Crippen molar-refractivity contribution in [3.8, 4) is 0 Å². The van der Waals surface area contributed by atoms with Crippen molar-refractivity contribution in [3.63, 3.8) is 0 Å². The van der Waals surface area contributed by atoms with E-state index in [9.17, 15) is 9.18 Å². The van der Waals surface area contributed by atoms with Crippen molar-refractivity contribution in [2.24, 2.45) is 5.73 Å². The van der Waals surface area contributed by atoms with Gasteiger partial charge in [0.2, 0.25) is 0 Å². The molecule has 0 aromatic heterocycles. The zero-order chi connectivity index (χ0) is 12.3. The van der Waals surface area contributed by atoms with Gasteiger partial charge < -0.3 is 10.8 Å². The van der Waals surface area contributed by atoms with Gasteiger partial charge in [0.05, 0.1) is 0 Å². The molecule has 88 valence electrons. The normalized spacial score (nSPS) is 14.5. The summed E-state index contributed by atoms with van der Waals surface area (Å²) in [6, 6.07) is 5.20. The molecule has 0 amide bonds. The summed E-state index contributed by atoms with van der Waals surface area (Å²) < 4.78 is 13.4. The van der Waals surface area contributed by atoms with Gasteiger partial charge >= 0.3 is 5.97 Å². The number of halogens is 2. The molecule has 0 spiro atoms. The minimum Gasteiger partial charge on any atom is -0.480 e. The maximum absolute atomic E-state index is 12.6. The Hall–Kier alpha value is -0.690. The largest absolute Gasteiger partial charge is 0.480 e. The highest BCUT2D eigenvalue weighted by molar-refractivity contribution is 14.1. The van der Waals surface area contributed by atoms with Gasteiger partial charge in [-0.05, 0) is 46.7 Å². The number of nitrogens with two attached hydrogens (primary N) is 1. The van der Waals surface area contributed by atoms with Gasteiger partial charge in [-0.15, -0.1) is 0 Å². The molecule has 0 heterocycles. The van der Waals surface area contributed by atoms with E-state index in [0.717, 1.165) is 9.13 Å². The lowest BCUT2D eigenvalue weighted by Crippen LogP contribution is -2.46. The van der Waals surface area contributed by atoms with E-state index in [2.05, 4.69) is 0 Å². The van der Waals surface area contributed by atoms with Gasteiger partial charge in [0.15, 0.2) is 0 Å². The molecule has 1 rings (SSSR count). The fraction of sp³-hybridized carbons (Fsp3) is 0.364. The van der Waals surface area contributed by atoms with Gasteiger partial charge in [-0.2, -0.15) is 0 Å². The first-order valence-corrected chi connectivity index (χ1v) is 5.80. The smallest absolute Gasteiger partial charge is 0.323 e. The van der Waals surface area contributed by atoms with E-state index in [1.165, 1.54) is 6.92 Å². The van der Waals surface area contributed by atoms with Gasteiger partial charge in [0.25, 0.3) is 0 Å². The molecule has 1 aromatic rings. The summed E-state index contributed by atoms with van der Waals surface area (Å²) in [6.45, 7) is 0.892. The van der Waals surface area contributed by atoms with Crippen LogP contribution >= 0.6 is 22.6 Å². The van der Waals surface area contributed by atoms with Crippen LogP contribution in [0.25, 0.3) is 0 Å². The molecular weight excluding hydrogens is 324 g/mol. The second-order valence-electron chi connectivity index (χ2n) is 3.96. The van der Waals surface area contributed by atoms with Crippen LogP contribution in [0.5, 0.6) is 0 Å². The van der Waals surface area contributed by atoms with E-state index < -0.39 is 18.2 Å². The second-order valence-corrected chi connectivity index (χ2v) is 5.12. The topological polar surface area (TPSA) is 63.3 Å². The maximum atomic E-state index is 12.6. The number of carboxylic acid groups (broad SMARTS) is 1. The summed E-state index contributed by atoms with van der Waals surface area (Å²) in [7, 11) is 0. The Labute approximate surface area is 107 Å². The molecule has 5 heteroatoms. The molecule has 0 unspecified atom stereocenters. The summed E-state index contributed by atoms with van der Waals surface area (Å²) >= 11 is 2.04. The van der Waals surface area contributed by atoms with Crippen molar-refractivity contribution >= 4 is 28.6 Å². The Balaban J connectivity index is 2.94. The molecule has 0 saturated carbocycles. The minimum absolute atomic E-state index is 0.187. The van der Waals surface area contributed by atoms with Crippen molar-refractivity contribution in [2.75, 3.05) is 0 Å². The molecule has 3 N–H and O–H groups in total. The summed E-state index contributed by atoms with van der Waals surface area (Å²) in [4.78, 5) is 10.8. The lowest BCUT2D eigenvalue weighted by molar-refractivity contribution is -0.142. The van der Waals surface area contributed by atoms with Crippen molar-refractivity contribution in [1.82, 2.24) is 0 Å². The molecule has 0 saturated heterocycles. The molecule has 0 radical (unpaired) electrons. The number of carbonyl (C=O) groups is 1. The molecule has 16 heavy (non-hydrogen) atoms. The SMILES string of the molecule is C[C@](N)(Cc1ccc(I)c(CF)c1)C(=O)O. The van der Waals surface area contributed by atoms with Gasteiger partial charge in [-0.3, -0.25) is 4.79 Å². The van der Waals surface area contributed by atoms with Crippen molar-refractivity contribution in [3.05, 3.63) is 32.9 Å². The molecule has 1 atom stereocenters. The Morgan fingerprint density at radius 3 is 2.75 bits per heavy atom. The Morgan fingerprint density at radius 1 is 1.62 bits per heavy atom. The molecule has 0 fully saturated rings. The number of alkyl halides is 1. The number of hydrogen-bond acceptors (Lipinski definition) is 2. The fourth-order valence-corrected chi connectivity index (χ4v) is 1.82. The predicted molar refractivity (Wildman–Crippen MR) is 67.9 cm³/mol. The second kappa shape index (κ2) is 5.09. The summed E-state index contributed by atoms with van der Waals surface area (Å²) in [5.74, 6) is -1.06. The van der Waals surface area contributed by atoms with Crippen LogP contribution in [0.2, 0.25) is 0 Å². The lowest BCUT2D eigenvalue weighted by atomic mass is 9.93. The van der Waals surface area contributed by atoms with E-state index in [4.69, 9.17) is 10.8 Å². The number of rotatable bonds is 4. The van der Waals surface area contributed by atoms with Crippen LogP contribution in [0.3, 0.4) is 0 Å². The third kappa shape index (κ3) is 3.15. The van der Waals surface area contributed by atoms with Gasteiger partial charge in [-0.1, -0.05) is 12.1 Å². The Kier molecular flexibility index (Phi) is 4.26. The highest BCUT2D eigenvalue weighted by Gasteiger charge is 2.28. The summed E-state index contributed by atoms with van der Waals surface area (Å²) in [6.07, 6.45) is 0.187. The third-order valence-corrected chi connectivity index (χ3v) is 3.37. The van der Waals surface area contributed by atoms with Crippen LogP contribution < -0.4 is 5.73 Å². The van der Waals surface area contributed by atoms with Crippen LogP contribution in [-0.4, -0.2) is 16.6 Å². The summed E-state index contributed by atoms with van der Waals surface area (Å²) in [5, 5.41) is 8.88. The minimum atomic E-state index is -1.32. The Morgan fingerprint density at radius 2 is 2.25 bits per heavy atom. The molecule has 0 aliphatic rings. The quantitative estimate of drug-likeness (QED) is 0.827. The van der Waals surface area contributed by atoms with Gasteiger partial charge in [-0.25, -0.2) is 4.39 Å². The number of hydrogen-bond donors (Lipinski definition) is 2. The highest BCUT2D eigenvalue weighted by atomic mass is 127. The van der Waals surface area contributed by atoms with Gasteiger partial charge in [0, 0.05) is 9.99 Å². The predicted octanol–water partition coefficient (Wildman–Crippen LogP) is 2.11. The molecule has 1 aromatic carbocycles. The lowest BCUT2D eigenvalue weighted by Gasteiger charge is -2.19. The van der Waals surface area contributed by atoms with Crippen molar-refractivity contribution < 1.29 is 14.3 Å². The fourth-order valence-electron chi connectivity index (χ4n) is 1.34. The van der Waals surface area contributed by atoms with E-state index in [1.807, 2.05) is 22.6 Å². The van der Waals surface area contributed by atoms with Crippen molar-refractivity contribution in [2.45, 2.75) is 25.6 Å². The van der Waals surface area contributed by atoms with Crippen LogP contribution in [0, 0.1) is 3.57 Å². The van der Waals surface area contributed by atoms with Crippen molar-refractivity contribution in [1.29, 1.82) is 0 Å². The van der Waals surface area contributed by atoms with Gasteiger partial charge in [0.1, 0.15) is 12.2 Å². The van der Waals surface area contributed by atoms with E-state index in [0.29, 0.717) is 5.56 Å². The zero-order valence-corrected chi connectivity index (χ0v) is 11.0. The number of benzene rings is 1.